The molecule has 0 atom stereocenters. The summed E-state index contributed by atoms with van der Waals surface area (Å²) >= 11 is 4.89. The first-order valence-electron chi connectivity index (χ1n) is 5.64. The van der Waals surface area contributed by atoms with Gasteiger partial charge in [0.1, 0.15) is 21.3 Å². The van der Waals surface area contributed by atoms with E-state index in [1.807, 2.05) is 6.07 Å². The highest BCUT2D eigenvalue weighted by Gasteiger charge is 2.04. The highest BCUT2D eigenvalue weighted by molar-refractivity contribution is 9.10. The third-order valence-electron chi connectivity index (χ3n) is 2.23. The lowest BCUT2D eigenvalue weighted by atomic mass is 10.3. The van der Waals surface area contributed by atoms with Gasteiger partial charge in [-0.3, -0.25) is 0 Å². The van der Waals surface area contributed by atoms with Gasteiger partial charge in [-0.1, -0.05) is 18.7 Å². The second kappa shape index (κ2) is 6.29. The molecule has 1 aromatic heterocycles. The van der Waals surface area contributed by atoms with Gasteiger partial charge in [0, 0.05) is 17.4 Å². The van der Waals surface area contributed by atoms with Crippen LogP contribution in [0.4, 0.5) is 4.39 Å². The molecule has 18 heavy (non-hydrogen) atoms. The predicted molar refractivity (Wildman–Crippen MR) is 74.3 cm³/mol. The number of rotatable bonds is 4. The average molecular weight is 327 g/mol. The van der Waals surface area contributed by atoms with Crippen LogP contribution in [0.25, 0.3) is 0 Å². The SMILES string of the molecule is CCCc1nc(Br)cc(Sc2ccc(F)cc2)n1. The fourth-order valence-corrected chi connectivity index (χ4v) is 2.86. The second-order valence-corrected chi connectivity index (χ2v) is 5.66. The van der Waals surface area contributed by atoms with E-state index in [1.54, 1.807) is 12.1 Å². The van der Waals surface area contributed by atoms with E-state index in [0.717, 1.165) is 33.2 Å². The van der Waals surface area contributed by atoms with Gasteiger partial charge < -0.3 is 0 Å². The van der Waals surface area contributed by atoms with Crippen molar-refractivity contribution in [3.8, 4) is 0 Å². The van der Waals surface area contributed by atoms with Crippen molar-refractivity contribution in [3.05, 3.63) is 46.6 Å². The Morgan fingerprint density at radius 1 is 1.22 bits per heavy atom. The third kappa shape index (κ3) is 3.78. The van der Waals surface area contributed by atoms with Crippen LogP contribution >= 0.6 is 27.7 Å². The van der Waals surface area contributed by atoms with Gasteiger partial charge in [-0.2, -0.15) is 0 Å². The van der Waals surface area contributed by atoms with E-state index < -0.39 is 0 Å². The van der Waals surface area contributed by atoms with Gasteiger partial charge in [0.15, 0.2) is 0 Å². The van der Waals surface area contributed by atoms with Crippen molar-refractivity contribution in [1.82, 2.24) is 9.97 Å². The van der Waals surface area contributed by atoms with Crippen molar-refractivity contribution in [2.24, 2.45) is 0 Å². The zero-order valence-electron chi connectivity index (χ0n) is 9.86. The second-order valence-electron chi connectivity index (χ2n) is 3.75. The van der Waals surface area contributed by atoms with Gasteiger partial charge in [-0.25, -0.2) is 14.4 Å². The molecule has 2 nitrogen and oxygen atoms in total. The number of benzene rings is 1. The number of hydrogen-bond donors (Lipinski definition) is 0. The molecular weight excluding hydrogens is 315 g/mol. The Morgan fingerprint density at radius 3 is 2.61 bits per heavy atom. The summed E-state index contributed by atoms with van der Waals surface area (Å²) in [7, 11) is 0. The van der Waals surface area contributed by atoms with Gasteiger partial charge in [0.2, 0.25) is 0 Å². The van der Waals surface area contributed by atoms with Crippen LogP contribution in [0.3, 0.4) is 0 Å². The van der Waals surface area contributed by atoms with Crippen LogP contribution in [0, 0.1) is 5.82 Å². The summed E-state index contributed by atoms with van der Waals surface area (Å²) in [5.41, 5.74) is 0. The predicted octanol–water partition coefficient (Wildman–Crippen LogP) is 4.48. The molecule has 0 aliphatic heterocycles. The van der Waals surface area contributed by atoms with Gasteiger partial charge in [-0.15, -0.1) is 0 Å². The molecule has 0 fully saturated rings. The van der Waals surface area contributed by atoms with Crippen LogP contribution in [-0.2, 0) is 6.42 Å². The van der Waals surface area contributed by atoms with Gasteiger partial charge >= 0.3 is 0 Å². The number of aryl methyl sites for hydroxylation is 1. The van der Waals surface area contributed by atoms with Crippen LogP contribution in [0.1, 0.15) is 19.2 Å². The minimum atomic E-state index is -0.227. The first-order chi connectivity index (χ1) is 8.67. The normalized spacial score (nSPS) is 10.6. The fraction of sp³-hybridized carbons (Fsp3) is 0.231. The van der Waals surface area contributed by atoms with Crippen LogP contribution in [0.2, 0.25) is 0 Å². The topological polar surface area (TPSA) is 25.8 Å². The smallest absolute Gasteiger partial charge is 0.130 e. The molecule has 0 amide bonds. The molecule has 0 unspecified atom stereocenters. The molecule has 0 saturated heterocycles. The Balaban J connectivity index is 2.20. The molecular formula is C13H12BrFN2S. The largest absolute Gasteiger partial charge is 0.226 e. The third-order valence-corrected chi connectivity index (χ3v) is 3.56. The molecule has 2 aromatic rings. The molecule has 0 spiro atoms. The van der Waals surface area contributed by atoms with Gasteiger partial charge in [-0.05, 0) is 46.6 Å². The maximum Gasteiger partial charge on any atom is 0.130 e. The Morgan fingerprint density at radius 2 is 1.94 bits per heavy atom. The van der Waals surface area contributed by atoms with E-state index in [-0.39, 0.29) is 5.82 Å². The van der Waals surface area contributed by atoms with Crippen LogP contribution < -0.4 is 0 Å². The number of halogens is 2. The molecule has 0 N–H and O–H groups in total. The average Bonchev–Trinajstić information content (AvgIpc) is 2.32. The minimum absolute atomic E-state index is 0.227. The summed E-state index contributed by atoms with van der Waals surface area (Å²) in [6.45, 7) is 2.09. The molecule has 0 saturated carbocycles. The van der Waals surface area contributed by atoms with Gasteiger partial charge in [0.25, 0.3) is 0 Å². The minimum Gasteiger partial charge on any atom is -0.226 e. The molecule has 1 aromatic carbocycles. The van der Waals surface area contributed by atoms with E-state index >= 15 is 0 Å². The van der Waals surface area contributed by atoms with E-state index in [1.165, 1.54) is 23.9 Å². The summed E-state index contributed by atoms with van der Waals surface area (Å²) < 4.78 is 13.6. The monoisotopic (exact) mass is 326 g/mol. The van der Waals surface area contributed by atoms with E-state index in [2.05, 4.69) is 32.8 Å². The molecule has 0 aliphatic carbocycles. The number of hydrogen-bond acceptors (Lipinski definition) is 3. The van der Waals surface area contributed by atoms with Crippen molar-refractivity contribution in [3.63, 3.8) is 0 Å². The molecule has 0 bridgehead atoms. The fourth-order valence-electron chi connectivity index (χ4n) is 1.45. The molecule has 94 valence electrons. The van der Waals surface area contributed by atoms with Crippen LogP contribution in [0.15, 0.2) is 44.9 Å². The first kappa shape index (κ1) is 13.5. The molecule has 5 heteroatoms. The Hall–Kier alpha value is -0.940. The van der Waals surface area contributed by atoms with Crippen LogP contribution in [-0.4, -0.2) is 9.97 Å². The van der Waals surface area contributed by atoms with Crippen molar-refractivity contribution < 1.29 is 4.39 Å². The highest BCUT2D eigenvalue weighted by Crippen LogP contribution is 2.27. The van der Waals surface area contributed by atoms with Crippen molar-refractivity contribution in [1.29, 1.82) is 0 Å². The summed E-state index contributed by atoms with van der Waals surface area (Å²) in [5.74, 6) is 0.603. The zero-order chi connectivity index (χ0) is 13.0. The van der Waals surface area contributed by atoms with E-state index in [4.69, 9.17) is 0 Å². The first-order valence-corrected chi connectivity index (χ1v) is 7.25. The summed E-state index contributed by atoms with van der Waals surface area (Å²) in [6, 6.07) is 8.26. The summed E-state index contributed by atoms with van der Waals surface area (Å²) in [5, 5.41) is 0.868. The Bertz CT molecular complexity index is 531. The lowest BCUT2D eigenvalue weighted by molar-refractivity contribution is 0.626. The van der Waals surface area contributed by atoms with E-state index in [9.17, 15) is 4.39 Å². The Kier molecular flexibility index (Phi) is 4.72. The molecule has 1 heterocycles. The standard InChI is InChI=1S/C13H12BrFN2S/c1-2-3-12-16-11(14)8-13(17-12)18-10-6-4-9(15)5-7-10/h4-8H,2-3H2,1H3. The quantitative estimate of drug-likeness (QED) is 0.774. The van der Waals surface area contributed by atoms with E-state index in [0.29, 0.717) is 0 Å². The molecule has 0 aliphatic rings. The maximum atomic E-state index is 12.8. The summed E-state index contributed by atoms with van der Waals surface area (Å²) in [6.07, 6.45) is 1.87. The Labute approximate surface area is 118 Å². The summed E-state index contributed by atoms with van der Waals surface area (Å²) in [4.78, 5) is 9.74. The van der Waals surface area contributed by atoms with Crippen LogP contribution in [0.5, 0.6) is 0 Å². The molecule has 2 rings (SSSR count). The number of nitrogens with zero attached hydrogens (tertiary/aromatic N) is 2. The van der Waals surface area contributed by atoms with Crippen molar-refractivity contribution >= 4 is 27.7 Å². The van der Waals surface area contributed by atoms with Gasteiger partial charge in [0.05, 0.1) is 0 Å². The molecule has 0 radical (unpaired) electrons. The zero-order valence-corrected chi connectivity index (χ0v) is 12.3. The lowest BCUT2D eigenvalue weighted by Crippen LogP contribution is -1.96. The maximum absolute atomic E-state index is 12.8. The van der Waals surface area contributed by atoms with Crippen molar-refractivity contribution in [2.45, 2.75) is 29.7 Å². The highest BCUT2D eigenvalue weighted by atomic mass is 79.9. The lowest BCUT2D eigenvalue weighted by Gasteiger charge is -2.04. The number of aromatic nitrogens is 2. The van der Waals surface area contributed by atoms with Crippen molar-refractivity contribution in [2.75, 3.05) is 0 Å².